The van der Waals surface area contributed by atoms with E-state index in [1.165, 1.54) is 11.3 Å². The average Bonchev–Trinajstić information content (AvgIpc) is 2.65. The number of rotatable bonds is 2. The molecule has 0 N–H and O–H groups in total. The molecular weight excluding hydrogens is 174 g/mol. The highest BCUT2D eigenvalue weighted by molar-refractivity contribution is 7.07. The van der Waals surface area contributed by atoms with Crippen molar-refractivity contribution < 1.29 is 4.74 Å². The molecule has 1 atom stereocenters. The molecule has 0 aliphatic carbocycles. The summed E-state index contributed by atoms with van der Waals surface area (Å²) in [4.78, 5) is 11.2. The van der Waals surface area contributed by atoms with Gasteiger partial charge in [0.2, 0.25) is 0 Å². The van der Waals surface area contributed by atoms with Crippen LogP contribution in [0.3, 0.4) is 0 Å². The van der Waals surface area contributed by atoms with Crippen molar-refractivity contribution in [2.75, 3.05) is 6.61 Å². The molecule has 1 fully saturated rings. The van der Waals surface area contributed by atoms with E-state index in [2.05, 4.69) is 0 Å². The van der Waals surface area contributed by atoms with E-state index in [-0.39, 0.29) is 11.0 Å². The van der Waals surface area contributed by atoms with Crippen molar-refractivity contribution in [1.29, 1.82) is 0 Å². The molecule has 0 saturated carbocycles. The molecule has 1 unspecified atom stereocenters. The Morgan fingerprint density at radius 2 is 2.67 bits per heavy atom. The van der Waals surface area contributed by atoms with Gasteiger partial charge < -0.3 is 9.30 Å². The Labute approximate surface area is 74.6 Å². The first-order valence-corrected chi connectivity index (χ1v) is 5.00. The molecule has 0 bridgehead atoms. The molecule has 0 radical (unpaired) electrons. The maximum Gasteiger partial charge on any atom is 0.307 e. The van der Waals surface area contributed by atoms with Crippen LogP contribution in [0.15, 0.2) is 16.4 Å². The van der Waals surface area contributed by atoms with Gasteiger partial charge >= 0.3 is 4.87 Å². The molecule has 0 aromatic carbocycles. The predicted molar refractivity (Wildman–Crippen MR) is 47.6 cm³/mol. The third kappa shape index (κ3) is 1.59. The molecule has 4 heteroatoms. The van der Waals surface area contributed by atoms with Crippen molar-refractivity contribution >= 4 is 11.3 Å². The quantitative estimate of drug-likeness (QED) is 0.690. The van der Waals surface area contributed by atoms with E-state index >= 15 is 0 Å². The fourth-order valence-corrected chi connectivity index (χ4v) is 2.03. The number of hydrogen-bond acceptors (Lipinski definition) is 3. The maximum absolute atomic E-state index is 11.1. The fourth-order valence-electron chi connectivity index (χ4n) is 1.43. The van der Waals surface area contributed by atoms with Crippen molar-refractivity contribution in [1.82, 2.24) is 4.57 Å². The van der Waals surface area contributed by atoms with Gasteiger partial charge in [0.25, 0.3) is 0 Å². The van der Waals surface area contributed by atoms with Gasteiger partial charge in [-0.3, -0.25) is 4.79 Å². The molecule has 1 aliphatic heterocycles. The number of hydrogen-bond donors (Lipinski definition) is 0. The molecule has 1 saturated heterocycles. The van der Waals surface area contributed by atoms with E-state index in [0.717, 1.165) is 26.0 Å². The van der Waals surface area contributed by atoms with Crippen LogP contribution in [0.25, 0.3) is 0 Å². The smallest absolute Gasteiger partial charge is 0.307 e. The van der Waals surface area contributed by atoms with Gasteiger partial charge in [-0.25, -0.2) is 0 Å². The SMILES string of the molecule is O=c1sccn1CC1CCCO1. The Hall–Kier alpha value is -0.610. The van der Waals surface area contributed by atoms with Crippen molar-refractivity contribution in [2.45, 2.75) is 25.5 Å². The van der Waals surface area contributed by atoms with Gasteiger partial charge in [0, 0.05) is 18.2 Å². The van der Waals surface area contributed by atoms with E-state index in [4.69, 9.17) is 4.74 Å². The molecule has 1 aromatic rings. The first kappa shape index (κ1) is 8.01. The summed E-state index contributed by atoms with van der Waals surface area (Å²) in [7, 11) is 0. The number of nitrogens with zero attached hydrogens (tertiary/aromatic N) is 1. The van der Waals surface area contributed by atoms with Gasteiger partial charge in [0.15, 0.2) is 0 Å². The number of ether oxygens (including phenoxy) is 1. The van der Waals surface area contributed by atoms with E-state index in [9.17, 15) is 4.79 Å². The Bertz CT molecular complexity index is 298. The first-order chi connectivity index (χ1) is 5.86. The minimum atomic E-state index is 0.116. The van der Waals surface area contributed by atoms with E-state index in [0.29, 0.717) is 0 Å². The number of thiazole rings is 1. The van der Waals surface area contributed by atoms with Crippen LogP contribution in [0, 0.1) is 0 Å². The Kier molecular flexibility index (Phi) is 2.28. The van der Waals surface area contributed by atoms with Gasteiger partial charge in [-0.2, -0.15) is 0 Å². The molecular formula is C8H11NO2S. The molecule has 2 heterocycles. The first-order valence-electron chi connectivity index (χ1n) is 4.12. The highest BCUT2D eigenvalue weighted by atomic mass is 32.1. The third-order valence-electron chi connectivity index (χ3n) is 2.07. The van der Waals surface area contributed by atoms with Crippen molar-refractivity contribution in [3.05, 3.63) is 21.2 Å². The zero-order valence-electron chi connectivity index (χ0n) is 6.73. The largest absolute Gasteiger partial charge is 0.376 e. The lowest BCUT2D eigenvalue weighted by Crippen LogP contribution is -2.21. The standard InChI is InChI=1S/C8H11NO2S/c10-8-9(3-5-12-8)6-7-2-1-4-11-7/h3,5,7H,1-2,4,6H2. The van der Waals surface area contributed by atoms with Crippen LogP contribution in [-0.2, 0) is 11.3 Å². The summed E-state index contributed by atoms with van der Waals surface area (Å²) in [5.41, 5.74) is 0. The fraction of sp³-hybridized carbons (Fsp3) is 0.625. The summed E-state index contributed by atoms with van der Waals surface area (Å²) >= 11 is 1.24. The normalized spacial score (nSPS) is 23.2. The second-order valence-corrected chi connectivity index (χ2v) is 3.81. The Morgan fingerprint density at radius 3 is 3.25 bits per heavy atom. The summed E-state index contributed by atoms with van der Waals surface area (Å²) in [5, 5.41) is 1.82. The van der Waals surface area contributed by atoms with Crippen LogP contribution in [-0.4, -0.2) is 17.3 Å². The van der Waals surface area contributed by atoms with Crippen LogP contribution in [0.1, 0.15) is 12.8 Å². The second kappa shape index (κ2) is 3.41. The average molecular weight is 185 g/mol. The molecule has 3 nitrogen and oxygen atoms in total. The van der Waals surface area contributed by atoms with E-state index in [1.807, 2.05) is 11.6 Å². The molecule has 66 valence electrons. The maximum atomic E-state index is 11.1. The zero-order valence-corrected chi connectivity index (χ0v) is 7.55. The summed E-state index contributed by atoms with van der Waals surface area (Å²) < 4.78 is 7.15. The summed E-state index contributed by atoms with van der Waals surface area (Å²) in [6.45, 7) is 1.58. The van der Waals surface area contributed by atoms with Gasteiger partial charge in [-0.15, -0.1) is 0 Å². The number of aromatic nitrogens is 1. The highest BCUT2D eigenvalue weighted by Crippen LogP contribution is 2.13. The van der Waals surface area contributed by atoms with Crippen LogP contribution in [0.4, 0.5) is 0 Å². The third-order valence-corrected chi connectivity index (χ3v) is 2.76. The predicted octanol–water partition coefficient (Wildman–Crippen LogP) is 1.09. The van der Waals surface area contributed by atoms with Gasteiger partial charge in [-0.1, -0.05) is 11.3 Å². The lowest BCUT2D eigenvalue weighted by molar-refractivity contribution is 0.0966. The topological polar surface area (TPSA) is 31.2 Å². The molecule has 0 amide bonds. The van der Waals surface area contributed by atoms with Crippen molar-refractivity contribution in [3.63, 3.8) is 0 Å². The van der Waals surface area contributed by atoms with Crippen molar-refractivity contribution in [2.24, 2.45) is 0 Å². The van der Waals surface area contributed by atoms with Crippen LogP contribution < -0.4 is 4.87 Å². The lowest BCUT2D eigenvalue weighted by atomic mass is 10.2. The molecule has 1 aromatic heterocycles. The summed E-state index contributed by atoms with van der Waals surface area (Å²) in [5.74, 6) is 0. The van der Waals surface area contributed by atoms with E-state index in [1.54, 1.807) is 4.57 Å². The van der Waals surface area contributed by atoms with Gasteiger partial charge in [-0.05, 0) is 12.8 Å². The van der Waals surface area contributed by atoms with Crippen LogP contribution in [0.5, 0.6) is 0 Å². The zero-order chi connectivity index (χ0) is 8.39. The molecule has 0 spiro atoms. The Balaban J connectivity index is 2.03. The van der Waals surface area contributed by atoms with Gasteiger partial charge in [0.1, 0.15) is 0 Å². The van der Waals surface area contributed by atoms with Crippen LogP contribution >= 0.6 is 11.3 Å². The minimum absolute atomic E-state index is 0.116. The molecule has 12 heavy (non-hydrogen) atoms. The van der Waals surface area contributed by atoms with Gasteiger partial charge in [0.05, 0.1) is 12.6 Å². The summed E-state index contributed by atoms with van der Waals surface area (Å²) in [6.07, 6.45) is 4.30. The molecule has 2 rings (SSSR count). The monoisotopic (exact) mass is 185 g/mol. The lowest BCUT2D eigenvalue weighted by Gasteiger charge is -2.08. The minimum Gasteiger partial charge on any atom is -0.376 e. The Morgan fingerprint density at radius 1 is 1.75 bits per heavy atom. The summed E-state index contributed by atoms with van der Waals surface area (Å²) in [6, 6.07) is 0. The van der Waals surface area contributed by atoms with Crippen molar-refractivity contribution in [3.8, 4) is 0 Å². The molecule has 1 aliphatic rings. The second-order valence-electron chi connectivity index (χ2n) is 2.96. The van der Waals surface area contributed by atoms with Crippen LogP contribution in [0.2, 0.25) is 0 Å². The highest BCUT2D eigenvalue weighted by Gasteiger charge is 2.16. The van der Waals surface area contributed by atoms with E-state index < -0.39 is 0 Å².